The molecule has 1 aliphatic heterocycles. The lowest BCUT2D eigenvalue weighted by Crippen LogP contribution is -2.08. The number of carbonyl (C=O) groups is 1. The molecule has 1 aliphatic rings. The zero-order chi connectivity index (χ0) is 14.8. The van der Waals surface area contributed by atoms with Gasteiger partial charge in [-0.2, -0.15) is 0 Å². The Morgan fingerprint density at radius 1 is 1.19 bits per heavy atom. The number of allylic oxidation sites excluding steroid dienone is 1. The standard InChI is InChI=1S/C18H15ClO2/c1-12-4-6-13(7-5-12)14-9-15-10-16(3-2-8-20)21-18(15)17(19)11-14/h2-9,11,16H,10H2,1H3/b3-2+. The average Bonchev–Trinajstić information content (AvgIpc) is 2.89. The van der Waals surface area contributed by atoms with Crippen LogP contribution >= 0.6 is 11.6 Å². The summed E-state index contributed by atoms with van der Waals surface area (Å²) >= 11 is 6.34. The Balaban J connectivity index is 1.95. The average molecular weight is 299 g/mol. The summed E-state index contributed by atoms with van der Waals surface area (Å²) < 4.78 is 5.77. The van der Waals surface area contributed by atoms with Gasteiger partial charge in [-0.3, -0.25) is 4.79 Å². The van der Waals surface area contributed by atoms with Crippen LogP contribution in [0, 0.1) is 6.92 Å². The van der Waals surface area contributed by atoms with Gasteiger partial charge in [-0.05, 0) is 42.3 Å². The fourth-order valence-corrected chi connectivity index (χ4v) is 2.82. The number of aryl methyl sites for hydroxylation is 1. The van der Waals surface area contributed by atoms with Crippen molar-refractivity contribution in [3.8, 4) is 16.9 Å². The van der Waals surface area contributed by atoms with E-state index in [1.54, 1.807) is 6.08 Å². The van der Waals surface area contributed by atoms with Crippen molar-refractivity contribution in [3.63, 3.8) is 0 Å². The number of carbonyl (C=O) groups excluding carboxylic acids is 1. The van der Waals surface area contributed by atoms with Gasteiger partial charge in [0.1, 0.15) is 18.1 Å². The molecule has 2 aromatic carbocycles. The fraction of sp³-hybridized carbons (Fsp3) is 0.167. The number of hydrogen-bond acceptors (Lipinski definition) is 2. The van der Waals surface area contributed by atoms with Crippen LogP contribution in [-0.4, -0.2) is 12.4 Å². The molecule has 0 spiro atoms. The summed E-state index contributed by atoms with van der Waals surface area (Å²) in [5, 5.41) is 0.616. The van der Waals surface area contributed by atoms with Gasteiger partial charge in [0.05, 0.1) is 5.02 Å². The summed E-state index contributed by atoms with van der Waals surface area (Å²) in [5.41, 5.74) is 4.53. The third kappa shape index (κ3) is 2.86. The summed E-state index contributed by atoms with van der Waals surface area (Å²) in [7, 11) is 0. The molecule has 1 heterocycles. The maximum Gasteiger partial charge on any atom is 0.142 e. The van der Waals surface area contributed by atoms with Crippen molar-refractivity contribution in [2.24, 2.45) is 0 Å². The van der Waals surface area contributed by atoms with Gasteiger partial charge in [0.25, 0.3) is 0 Å². The van der Waals surface area contributed by atoms with Crippen molar-refractivity contribution in [1.29, 1.82) is 0 Å². The quantitative estimate of drug-likeness (QED) is 0.621. The highest BCUT2D eigenvalue weighted by atomic mass is 35.5. The molecule has 3 rings (SSSR count). The second-order valence-corrected chi connectivity index (χ2v) is 5.60. The van der Waals surface area contributed by atoms with E-state index in [0.29, 0.717) is 5.02 Å². The first kappa shape index (κ1) is 13.9. The number of fused-ring (bicyclic) bond motifs is 1. The third-order valence-corrected chi connectivity index (χ3v) is 3.88. The van der Waals surface area contributed by atoms with Gasteiger partial charge in [0.2, 0.25) is 0 Å². The molecule has 0 saturated heterocycles. The number of halogens is 1. The molecular formula is C18H15ClO2. The Bertz CT molecular complexity index is 702. The van der Waals surface area contributed by atoms with E-state index >= 15 is 0 Å². The fourth-order valence-electron chi connectivity index (χ4n) is 2.53. The Morgan fingerprint density at radius 2 is 1.95 bits per heavy atom. The van der Waals surface area contributed by atoms with Crippen LogP contribution in [0.3, 0.4) is 0 Å². The largest absolute Gasteiger partial charge is 0.484 e. The van der Waals surface area contributed by atoms with Crippen LogP contribution in [-0.2, 0) is 11.2 Å². The second kappa shape index (κ2) is 5.74. The van der Waals surface area contributed by atoms with Gasteiger partial charge in [0, 0.05) is 12.0 Å². The van der Waals surface area contributed by atoms with E-state index < -0.39 is 0 Å². The summed E-state index contributed by atoms with van der Waals surface area (Å²) in [6.07, 6.45) is 4.60. The smallest absolute Gasteiger partial charge is 0.142 e. The van der Waals surface area contributed by atoms with Gasteiger partial charge in [0.15, 0.2) is 0 Å². The minimum absolute atomic E-state index is 0.115. The summed E-state index contributed by atoms with van der Waals surface area (Å²) in [6.45, 7) is 2.07. The zero-order valence-electron chi connectivity index (χ0n) is 11.7. The summed E-state index contributed by atoms with van der Waals surface area (Å²) in [4.78, 5) is 10.4. The zero-order valence-corrected chi connectivity index (χ0v) is 12.4. The first-order valence-corrected chi connectivity index (χ1v) is 7.23. The number of aldehydes is 1. The lowest BCUT2D eigenvalue weighted by Gasteiger charge is -2.08. The van der Waals surface area contributed by atoms with Crippen molar-refractivity contribution in [3.05, 3.63) is 64.7 Å². The van der Waals surface area contributed by atoms with Crippen LogP contribution in [0.2, 0.25) is 5.02 Å². The molecule has 0 radical (unpaired) electrons. The van der Waals surface area contributed by atoms with Crippen LogP contribution in [0.1, 0.15) is 11.1 Å². The van der Waals surface area contributed by atoms with Gasteiger partial charge >= 0.3 is 0 Å². The van der Waals surface area contributed by atoms with Gasteiger partial charge in [-0.25, -0.2) is 0 Å². The molecule has 0 aromatic heterocycles. The minimum Gasteiger partial charge on any atom is -0.484 e. The maximum absolute atomic E-state index is 10.4. The monoisotopic (exact) mass is 298 g/mol. The van der Waals surface area contributed by atoms with E-state index in [-0.39, 0.29) is 6.10 Å². The van der Waals surface area contributed by atoms with E-state index in [4.69, 9.17) is 16.3 Å². The van der Waals surface area contributed by atoms with Gasteiger partial charge in [-0.15, -0.1) is 0 Å². The Morgan fingerprint density at radius 3 is 2.67 bits per heavy atom. The van der Waals surface area contributed by atoms with Crippen molar-refractivity contribution in [1.82, 2.24) is 0 Å². The molecule has 0 fully saturated rings. The lowest BCUT2D eigenvalue weighted by molar-refractivity contribution is -0.104. The predicted molar refractivity (Wildman–Crippen MR) is 84.9 cm³/mol. The molecular weight excluding hydrogens is 284 g/mol. The Hall–Kier alpha value is -2.06. The molecule has 0 bridgehead atoms. The SMILES string of the molecule is Cc1ccc(-c2cc(Cl)c3c(c2)CC(/C=C/C=O)O3)cc1. The maximum atomic E-state index is 10.4. The topological polar surface area (TPSA) is 26.3 Å². The van der Waals surface area contributed by atoms with Crippen LogP contribution in [0.4, 0.5) is 0 Å². The summed E-state index contributed by atoms with van der Waals surface area (Å²) in [6, 6.07) is 12.4. The molecule has 1 atom stereocenters. The normalized spacial score (nSPS) is 16.8. The second-order valence-electron chi connectivity index (χ2n) is 5.19. The molecule has 0 amide bonds. The van der Waals surface area contributed by atoms with E-state index in [2.05, 4.69) is 37.3 Å². The van der Waals surface area contributed by atoms with Crippen LogP contribution in [0.5, 0.6) is 5.75 Å². The molecule has 1 unspecified atom stereocenters. The van der Waals surface area contributed by atoms with Crippen LogP contribution < -0.4 is 4.74 Å². The Labute approximate surface area is 129 Å². The van der Waals surface area contributed by atoms with E-state index in [1.807, 2.05) is 6.07 Å². The molecule has 0 N–H and O–H groups in total. The molecule has 2 nitrogen and oxygen atoms in total. The van der Waals surface area contributed by atoms with Crippen LogP contribution in [0.15, 0.2) is 48.6 Å². The lowest BCUT2D eigenvalue weighted by atomic mass is 10.00. The predicted octanol–water partition coefficient (Wildman–Crippen LogP) is 4.37. The van der Waals surface area contributed by atoms with E-state index in [9.17, 15) is 4.79 Å². The molecule has 2 aromatic rings. The minimum atomic E-state index is -0.115. The number of rotatable bonds is 3. The van der Waals surface area contributed by atoms with E-state index in [0.717, 1.165) is 35.1 Å². The van der Waals surface area contributed by atoms with Crippen molar-refractivity contribution in [2.75, 3.05) is 0 Å². The summed E-state index contributed by atoms with van der Waals surface area (Å²) in [5.74, 6) is 0.730. The van der Waals surface area contributed by atoms with Crippen molar-refractivity contribution in [2.45, 2.75) is 19.4 Å². The van der Waals surface area contributed by atoms with Crippen LogP contribution in [0.25, 0.3) is 11.1 Å². The highest BCUT2D eigenvalue weighted by Gasteiger charge is 2.24. The van der Waals surface area contributed by atoms with E-state index in [1.165, 1.54) is 11.6 Å². The first-order valence-electron chi connectivity index (χ1n) is 6.85. The van der Waals surface area contributed by atoms with Crippen molar-refractivity contribution < 1.29 is 9.53 Å². The van der Waals surface area contributed by atoms with Gasteiger partial charge in [-0.1, -0.05) is 41.4 Å². The number of benzene rings is 2. The first-order chi connectivity index (χ1) is 10.2. The molecule has 0 aliphatic carbocycles. The number of hydrogen-bond donors (Lipinski definition) is 0. The molecule has 0 saturated carbocycles. The molecule has 106 valence electrons. The van der Waals surface area contributed by atoms with Crippen molar-refractivity contribution >= 4 is 17.9 Å². The highest BCUT2D eigenvalue weighted by molar-refractivity contribution is 6.32. The number of ether oxygens (including phenoxy) is 1. The molecule has 3 heteroatoms. The highest BCUT2D eigenvalue weighted by Crippen LogP contribution is 2.39. The Kier molecular flexibility index (Phi) is 3.80. The molecule has 21 heavy (non-hydrogen) atoms. The third-order valence-electron chi connectivity index (χ3n) is 3.60. The van der Waals surface area contributed by atoms with Gasteiger partial charge < -0.3 is 4.74 Å².